The molecule has 1 heterocycles. The first kappa shape index (κ1) is 14.1. The van der Waals surface area contributed by atoms with Crippen molar-refractivity contribution in [1.82, 2.24) is 4.90 Å². The zero-order valence-corrected chi connectivity index (χ0v) is 11.8. The molecule has 1 aliphatic rings. The molecule has 0 aromatic heterocycles. The molecule has 2 N–H and O–H groups in total. The van der Waals surface area contributed by atoms with Crippen LogP contribution in [0.25, 0.3) is 0 Å². The summed E-state index contributed by atoms with van der Waals surface area (Å²) < 4.78 is 16.3. The first-order valence-electron chi connectivity index (χ1n) is 6.42. The van der Waals surface area contributed by atoms with Crippen LogP contribution in [0.2, 0.25) is 0 Å². The third kappa shape index (κ3) is 3.37. The van der Waals surface area contributed by atoms with E-state index in [0.29, 0.717) is 0 Å². The van der Waals surface area contributed by atoms with Crippen LogP contribution in [-0.4, -0.2) is 52.0 Å². The van der Waals surface area contributed by atoms with Gasteiger partial charge < -0.3 is 24.8 Å². The first-order valence-corrected chi connectivity index (χ1v) is 6.42. The average Bonchev–Trinajstić information content (AvgIpc) is 2.45. The lowest BCUT2D eigenvalue weighted by molar-refractivity contribution is -0.0326. The fourth-order valence-corrected chi connectivity index (χ4v) is 2.26. The van der Waals surface area contributed by atoms with Crippen LogP contribution in [-0.2, 0) is 4.74 Å². The molecule has 1 aromatic rings. The van der Waals surface area contributed by atoms with Gasteiger partial charge in [-0.1, -0.05) is 0 Å². The van der Waals surface area contributed by atoms with Crippen molar-refractivity contribution in [1.29, 1.82) is 0 Å². The number of benzene rings is 1. The van der Waals surface area contributed by atoms with E-state index in [2.05, 4.69) is 11.9 Å². The number of hydrogen-bond acceptors (Lipinski definition) is 5. The quantitative estimate of drug-likeness (QED) is 0.882. The van der Waals surface area contributed by atoms with E-state index in [9.17, 15) is 0 Å². The van der Waals surface area contributed by atoms with Crippen LogP contribution in [0.5, 0.6) is 11.5 Å². The number of nitrogens with zero attached hydrogens (tertiary/aromatic N) is 1. The minimum absolute atomic E-state index is 0.00411. The molecule has 106 valence electrons. The van der Waals surface area contributed by atoms with Gasteiger partial charge in [-0.15, -0.1) is 0 Å². The predicted octanol–water partition coefficient (Wildman–Crippen LogP) is 1.03. The van der Waals surface area contributed by atoms with Gasteiger partial charge in [0.25, 0.3) is 0 Å². The summed E-state index contributed by atoms with van der Waals surface area (Å²) in [5.41, 5.74) is 7.29. The molecule has 0 aliphatic carbocycles. The highest BCUT2D eigenvalue weighted by Gasteiger charge is 2.26. The summed E-state index contributed by atoms with van der Waals surface area (Å²) in [4.78, 5) is 2.23. The van der Waals surface area contributed by atoms with Crippen LogP contribution in [0.15, 0.2) is 18.2 Å². The summed E-state index contributed by atoms with van der Waals surface area (Å²) in [5, 5.41) is 0. The van der Waals surface area contributed by atoms with Crippen molar-refractivity contribution in [2.24, 2.45) is 5.73 Å². The SMILES string of the molecule is COc1cc(OC)cc(C(N)C2CN(C)CCO2)c1. The maximum atomic E-state index is 6.32. The maximum absolute atomic E-state index is 6.32. The van der Waals surface area contributed by atoms with Crippen molar-refractivity contribution in [2.45, 2.75) is 12.1 Å². The molecule has 2 unspecified atom stereocenters. The molecule has 0 amide bonds. The van der Waals surface area contributed by atoms with E-state index >= 15 is 0 Å². The van der Waals surface area contributed by atoms with E-state index in [4.69, 9.17) is 19.9 Å². The Bertz CT molecular complexity index is 403. The van der Waals surface area contributed by atoms with Crippen LogP contribution < -0.4 is 15.2 Å². The molecule has 1 aromatic carbocycles. The van der Waals surface area contributed by atoms with Crippen LogP contribution in [0.1, 0.15) is 11.6 Å². The van der Waals surface area contributed by atoms with Gasteiger partial charge in [-0.3, -0.25) is 0 Å². The Morgan fingerprint density at radius 3 is 2.42 bits per heavy atom. The van der Waals surface area contributed by atoms with Crippen molar-refractivity contribution >= 4 is 0 Å². The Labute approximate surface area is 114 Å². The summed E-state index contributed by atoms with van der Waals surface area (Å²) in [5.74, 6) is 1.49. The largest absolute Gasteiger partial charge is 0.497 e. The zero-order valence-electron chi connectivity index (χ0n) is 11.8. The molecule has 0 radical (unpaired) electrons. The average molecular weight is 266 g/mol. The summed E-state index contributed by atoms with van der Waals surface area (Å²) in [6, 6.07) is 5.52. The van der Waals surface area contributed by atoms with Gasteiger partial charge in [-0.05, 0) is 24.7 Å². The molecule has 1 fully saturated rings. The number of methoxy groups -OCH3 is 2. The molecule has 1 saturated heterocycles. The second-order valence-electron chi connectivity index (χ2n) is 4.84. The van der Waals surface area contributed by atoms with Crippen molar-refractivity contribution in [3.8, 4) is 11.5 Å². The lowest BCUT2D eigenvalue weighted by atomic mass is 10.0. The highest BCUT2D eigenvalue weighted by molar-refractivity contribution is 5.40. The number of hydrogen-bond donors (Lipinski definition) is 1. The van der Waals surface area contributed by atoms with Gasteiger partial charge in [-0.2, -0.15) is 0 Å². The van der Waals surface area contributed by atoms with E-state index < -0.39 is 0 Å². The topological polar surface area (TPSA) is 57.0 Å². The number of nitrogens with two attached hydrogens (primary N) is 1. The molecule has 5 nitrogen and oxygen atoms in total. The Hall–Kier alpha value is -1.30. The first-order chi connectivity index (χ1) is 9.13. The number of morpholine rings is 1. The minimum atomic E-state index is -0.188. The molecule has 0 bridgehead atoms. The molecule has 2 atom stereocenters. The summed E-state index contributed by atoms with van der Waals surface area (Å²) in [6.07, 6.45) is -0.00411. The smallest absolute Gasteiger partial charge is 0.122 e. The fourth-order valence-electron chi connectivity index (χ4n) is 2.26. The van der Waals surface area contributed by atoms with Crippen LogP contribution in [0, 0.1) is 0 Å². The third-order valence-electron chi connectivity index (χ3n) is 3.46. The molecule has 0 saturated carbocycles. The molecular weight excluding hydrogens is 244 g/mol. The lowest BCUT2D eigenvalue weighted by Crippen LogP contribution is -2.45. The Morgan fingerprint density at radius 1 is 1.26 bits per heavy atom. The standard InChI is InChI=1S/C14H22N2O3/c1-16-4-5-19-13(9-16)14(15)10-6-11(17-2)8-12(7-10)18-3/h6-8,13-14H,4-5,9,15H2,1-3H3. The minimum Gasteiger partial charge on any atom is -0.497 e. The van der Waals surface area contributed by atoms with E-state index in [-0.39, 0.29) is 12.1 Å². The highest BCUT2D eigenvalue weighted by Crippen LogP contribution is 2.28. The monoisotopic (exact) mass is 266 g/mol. The predicted molar refractivity (Wildman–Crippen MR) is 73.7 cm³/mol. The van der Waals surface area contributed by atoms with Gasteiger partial charge in [0, 0.05) is 19.2 Å². The van der Waals surface area contributed by atoms with Gasteiger partial charge in [0.05, 0.1) is 33.0 Å². The van der Waals surface area contributed by atoms with Crippen molar-refractivity contribution < 1.29 is 14.2 Å². The summed E-state index contributed by atoms with van der Waals surface area (Å²) in [7, 11) is 5.35. The maximum Gasteiger partial charge on any atom is 0.122 e. The molecule has 19 heavy (non-hydrogen) atoms. The van der Waals surface area contributed by atoms with Gasteiger partial charge in [0.1, 0.15) is 11.5 Å². The van der Waals surface area contributed by atoms with Crippen molar-refractivity contribution in [3.05, 3.63) is 23.8 Å². The number of likely N-dealkylation sites (N-methyl/N-ethyl adjacent to an activating group) is 1. The molecule has 5 heteroatoms. The van der Waals surface area contributed by atoms with Crippen LogP contribution >= 0.6 is 0 Å². The lowest BCUT2D eigenvalue weighted by Gasteiger charge is -2.33. The van der Waals surface area contributed by atoms with Crippen LogP contribution in [0.4, 0.5) is 0 Å². The Balaban J connectivity index is 2.19. The van der Waals surface area contributed by atoms with E-state index in [0.717, 1.165) is 36.8 Å². The second-order valence-corrected chi connectivity index (χ2v) is 4.84. The molecule has 1 aliphatic heterocycles. The van der Waals surface area contributed by atoms with Crippen LogP contribution in [0.3, 0.4) is 0 Å². The fraction of sp³-hybridized carbons (Fsp3) is 0.571. The summed E-state index contributed by atoms with van der Waals surface area (Å²) in [6.45, 7) is 2.50. The molecule has 0 spiro atoms. The number of rotatable bonds is 4. The van der Waals surface area contributed by atoms with Crippen molar-refractivity contribution in [2.75, 3.05) is 41.0 Å². The van der Waals surface area contributed by atoms with Gasteiger partial charge in [-0.25, -0.2) is 0 Å². The summed E-state index contributed by atoms with van der Waals surface area (Å²) >= 11 is 0. The Morgan fingerprint density at radius 2 is 1.89 bits per heavy atom. The zero-order chi connectivity index (χ0) is 13.8. The van der Waals surface area contributed by atoms with Gasteiger partial charge in [0.15, 0.2) is 0 Å². The van der Waals surface area contributed by atoms with E-state index in [1.807, 2.05) is 18.2 Å². The van der Waals surface area contributed by atoms with Gasteiger partial charge >= 0.3 is 0 Å². The van der Waals surface area contributed by atoms with Crippen molar-refractivity contribution in [3.63, 3.8) is 0 Å². The highest BCUT2D eigenvalue weighted by atomic mass is 16.5. The molecule has 2 rings (SSSR count). The molecular formula is C14H22N2O3. The van der Waals surface area contributed by atoms with E-state index in [1.54, 1.807) is 14.2 Å². The second kappa shape index (κ2) is 6.23. The Kier molecular flexibility index (Phi) is 4.63. The normalized spacial score (nSPS) is 22.0. The third-order valence-corrected chi connectivity index (χ3v) is 3.46. The van der Waals surface area contributed by atoms with Gasteiger partial charge in [0.2, 0.25) is 0 Å². The number of ether oxygens (including phenoxy) is 3. The van der Waals surface area contributed by atoms with E-state index in [1.165, 1.54) is 0 Å².